The van der Waals surface area contributed by atoms with E-state index in [0.29, 0.717) is 19.2 Å². The number of benzene rings is 1. The van der Waals surface area contributed by atoms with Gasteiger partial charge in [-0.15, -0.1) is 0 Å². The van der Waals surface area contributed by atoms with E-state index >= 15 is 0 Å². The van der Waals surface area contributed by atoms with E-state index < -0.39 is 17.5 Å². The molecule has 7 heteroatoms. The highest BCUT2D eigenvalue weighted by molar-refractivity contribution is 5.94. The van der Waals surface area contributed by atoms with Crippen molar-refractivity contribution in [1.82, 2.24) is 10.2 Å². The first kappa shape index (κ1) is 17.3. The van der Waals surface area contributed by atoms with Gasteiger partial charge >= 0.3 is 0 Å². The molecule has 1 aliphatic heterocycles. The molecule has 5 nitrogen and oxygen atoms in total. The van der Waals surface area contributed by atoms with E-state index in [1.165, 1.54) is 0 Å². The van der Waals surface area contributed by atoms with Crippen LogP contribution in [0.3, 0.4) is 0 Å². The average molecular weight is 326 g/mol. The second-order valence-corrected chi connectivity index (χ2v) is 5.69. The Bertz CT molecular complexity index is 585. The fourth-order valence-electron chi connectivity index (χ4n) is 2.59. The van der Waals surface area contributed by atoms with E-state index in [1.807, 2.05) is 13.8 Å². The topological polar surface area (TPSA) is 58.6 Å². The number of carbonyl (C=O) groups is 2. The predicted molar refractivity (Wildman–Crippen MR) is 79.9 cm³/mol. The Balaban J connectivity index is 1.82. The maximum Gasteiger partial charge on any atom is 0.254 e. The summed E-state index contributed by atoms with van der Waals surface area (Å²) in [6.45, 7) is 4.92. The van der Waals surface area contributed by atoms with Crippen molar-refractivity contribution in [2.24, 2.45) is 0 Å². The van der Waals surface area contributed by atoms with E-state index in [1.54, 1.807) is 4.90 Å². The van der Waals surface area contributed by atoms with Crippen molar-refractivity contribution < 1.29 is 23.1 Å². The van der Waals surface area contributed by atoms with Gasteiger partial charge in [-0.25, -0.2) is 8.78 Å². The molecule has 1 N–H and O–H groups in total. The third-order valence-corrected chi connectivity index (χ3v) is 3.57. The summed E-state index contributed by atoms with van der Waals surface area (Å²) in [7, 11) is 0. The summed E-state index contributed by atoms with van der Waals surface area (Å²) in [4.78, 5) is 25.6. The maximum absolute atomic E-state index is 13.5. The van der Waals surface area contributed by atoms with Crippen LogP contribution in [0.2, 0.25) is 0 Å². The Morgan fingerprint density at radius 3 is 2.52 bits per heavy atom. The van der Waals surface area contributed by atoms with Crippen LogP contribution in [0.5, 0.6) is 0 Å². The highest BCUT2D eigenvalue weighted by atomic mass is 19.1. The number of hydrogen-bond donors (Lipinski definition) is 1. The van der Waals surface area contributed by atoms with Gasteiger partial charge in [-0.1, -0.05) is 0 Å². The molecule has 1 aromatic rings. The molecule has 0 bridgehead atoms. The van der Waals surface area contributed by atoms with Crippen LogP contribution in [0.1, 0.15) is 30.6 Å². The lowest BCUT2D eigenvalue weighted by atomic mass is 10.2. The van der Waals surface area contributed by atoms with Gasteiger partial charge in [-0.05, 0) is 26.0 Å². The summed E-state index contributed by atoms with van der Waals surface area (Å²) < 4.78 is 31.8. The number of amides is 2. The van der Waals surface area contributed by atoms with Crippen molar-refractivity contribution in [3.05, 3.63) is 35.4 Å². The number of morpholine rings is 1. The van der Waals surface area contributed by atoms with Crippen LogP contribution < -0.4 is 5.32 Å². The summed E-state index contributed by atoms with van der Waals surface area (Å²) in [5.41, 5.74) is -0.243. The highest BCUT2D eigenvalue weighted by Crippen LogP contribution is 2.12. The monoisotopic (exact) mass is 326 g/mol. The Labute approximate surface area is 133 Å². The molecule has 0 spiro atoms. The number of ether oxygens (including phenoxy) is 1. The van der Waals surface area contributed by atoms with E-state index in [2.05, 4.69) is 5.32 Å². The predicted octanol–water partition coefficient (Wildman–Crippen LogP) is 1.72. The van der Waals surface area contributed by atoms with Crippen molar-refractivity contribution >= 4 is 11.8 Å². The number of hydrogen-bond acceptors (Lipinski definition) is 3. The first-order chi connectivity index (χ1) is 10.9. The molecule has 1 heterocycles. The van der Waals surface area contributed by atoms with E-state index in [0.717, 1.165) is 12.1 Å². The van der Waals surface area contributed by atoms with E-state index in [9.17, 15) is 18.4 Å². The van der Waals surface area contributed by atoms with Crippen molar-refractivity contribution in [2.45, 2.75) is 32.5 Å². The molecule has 2 unspecified atom stereocenters. The standard InChI is InChI=1S/C16H20F2N2O3/c1-10-8-20(9-11(2)23-10)15(21)5-6-19-16(22)13-4-3-12(17)7-14(13)18/h3-4,7,10-11H,5-6,8-9H2,1-2H3,(H,19,22). The second kappa shape index (κ2) is 7.50. The smallest absolute Gasteiger partial charge is 0.254 e. The normalized spacial score (nSPS) is 21.1. The van der Waals surface area contributed by atoms with Crippen LogP contribution in [0.15, 0.2) is 18.2 Å². The lowest BCUT2D eigenvalue weighted by molar-refractivity contribution is -0.143. The van der Waals surface area contributed by atoms with E-state index in [-0.39, 0.29) is 36.6 Å². The molecule has 1 aromatic carbocycles. The minimum atomic E-state index is -0.926. The lowest BCUT2D eigenvalue weighted by Crippen LogP contribution is -2.48. The molecule has 2 rings (SSSR count). The van der Waals surface area contributed by atoms with Crippen LogP contribution in [-0.2, 0) is 9.53 Å². The van der Waals surface area contributed by atoms with Crippen molar-refractivity contribution in [3.63, 3.8) is 0 Å². The average Bonchev–Trinajstić information content (AvgIpc) is 2.45. The number of nitrogens with one attached hydrogen (secondary N) is 1. The molecule has 23 heavy (non-hydrogen) atoms. The highest BCUT2D eigenvalue weighted by Gasteiger charge is 2.25. The van der Waals surface area contributed by atoms with Crippen LogP contribution in [0, 0.1) is 11.6 Å². The molecular weight excluding hydrogens is 306 g/mol. The number of halogens is 2. The summed E-state index contributed by atoms with van der Waals surface area (Å²) in [6.07, 6.45) is 0.0739. The molecule has 0 radical (unpaired) electrons. The van der Waals surface area contributed by atoms with Crippen LogP contribution in [0.25, 0.3) is 0 Å². The maximum atomic E-state index is 13.5. The quantitative estimate of drug-likeness (QED) is 0.916. The minimum absolute atomic E-state index is 0.0226. The van der Waals surface area contributed by atoms with Gasteiger partial charge in [0.25, 0.3) is 5.91 Å². The molecular formula is C16H20F2N2O3. The lowest BCUT2D eigenvalue weighted by Gasteiger charge is -2.35. The molecule has 1 saturated heterocycles. The third kappa shape index (κ3) is 4.72. The minimum Gasteiger partial charge on any atom is -0.372 e. The van der Waals surface area contributed by atoms with Crippen molar-refractivity contribution in [3.8, 4) is 0 Å². The number of carbonyl (C=O) groups excluding carboxylic acids is 2. The Hall–Kier alpha value is -2.02. The van der Waals surface area contributed by atoms with Crippen LogP contribution in [-0.4, -0.2) is 48.6 Å². The Morgan fingerprint density at radius 2 is 1.91 bits per heavy atom. The van der Waals surface area contributed by atoms with Gasteiger partial charge in [0.15, 0.2) is 0 Å². The van der Waals surface area contributed by atoms with Crippen molar-refractivity contribution in [2.75, 3.05) is 19.6 Å². The molecule has 2 atom stereocenters. The van der Waals surface area contributed by atoms with Gasteiger partial charge in [0, 0.05) is 32.1 Å². The zero-order chi connectivity index (χ0) is 17.0. The molecule has 1 fully saturated rings. The van der Waals surface area contributed by atoms with E-state index in [4.69, 9.17) is 4.74 Å². The van der Waals surface area contributed by atoms with Crippen LogP contribution >= 0.6 is 0 Å². The second-order valence-electron chi connectivity index (χ2n) is 5.69. The molecule has 0 saturated carbocycles. The van der Waals surface area contributed by atoms with Crippen molar-refractivity contribution in [1.29, 1.82) is 0 Å². The molecule has 126 valence electrons. The number of nitrogens with zero attached hydrogens (tertiary/aromatic N) is 1. The molecule has 0 aromatic heterocycles. The van der Waals surface area contributed by atoms with Crippen LogP contribution in [0.4, 0.5) is 8.78 Å². The zero-order valence-electron chi connectivity index (χ0n) is 13.1. The zero-order valence-corrected chi connectivity index (χ0v) is 13.1. The summed E-state index contributed by atoms with van der Waals surface area (Å²) in [6, 6.07) is 2.74. The molecule has 1 aliphatic rings. The third-order valence-electron chi connectivity index (χ3n) is 3.57. The van der Waals surface area contributed by atoms with Gasteiger partial charge in [-0.3, -0.25) is 9.59 Å². The SMILES string of the molecule is CC1CN(C(=O)CCNC(=O)c2ccc(F)cc2F)CC(C)O1. The first-order valence-corrected chi connectivity index (χ1v) is 7.53. The first-order valence-electron chi connectivity index (χ1n) is 7.53. The Kier molecular flexibility index (Phi) is 5.65. The van der Waals surface area contributed by atoms with Gasteiger partial charge in [0.1, 0.15) is 11.6 Å². The fourth-order valence-corrected chi connectivity index (χ4v) is 2.59. The Morgan fingerprint density at radius 1 is 1.26 bits per heavy atom. The van der Waals surface area contributed by atoms with Gasteiger partial charge < -0.3 is 15.0 Å². The largest absolute Gasteiger partial charge is 0.372 e. The van der Waals surface area contributed by atoms with Gasteiger partial charge in [0.2, 0.25) is 5.91 Å². The summed E-state index contributed by atoms with van der Waals surface area (Å²) in [5.74, 6) is -2.43. The number of rotatable bonds is 4. The summed E-state index contributed by atoms with van der Waals surface area (Å²) in [5, 5.41) is 2.47. The molecule has 2 amide bonds. The van der Waals surface area contributed by atoms with Gasteiger partial charge in [-0.2, -0.15) is 0 Å². The van der Waals surface area contributed by atoms with Gasteiger partial charge in [0.05, 0.1) is 17.8 Å². The molecule has 0 aliphatic carbocycles. The fraction of sp³-hybridized carbons (Fsp3) is 0.500. The summed E-state index contributed by atoms with van der Waals surface area (Å²) >= 11 is 0.